The first-order chi connectivity index (χ1) is 7.34. The van der Waals surface area contributed by atoms with E-state index in [0.717, 1.165) is 6.42 Å². The highest BCUT2D eigenvalue weighted by atomic mass is 15.2. The monoisotopic (exact) mass is 223 g/mol. The lowest BCUT2D eigenvalue weighted by atomic mass is 9.78. The summed E-state index contributed by atoms with van der Waals surface area (Å²) in [6, 6.07) is 0.405. The summed E-state index contributed by atoms with van der Waals surface area (Å²) in [7, 11) is 3.98. The summed E-state index contributed by atoms with van der Waals surface area (Å²) in [6.45, 7) is 9.22. The summed E-state index contributed by atoms with van der Waals surface area (Å²) in [5, 5.41) is 7.61. The van der Waals surface area contributed by atoms with Crippen molar-refractivity contribution < 1.29 is 0 Å². The molecule has 2 unspecified atom stereocenters. The molecular formula is C13H25N3. The minimum Gasteiger partial charge on any atom is -0.313 e. The standard InChI is InChI=1S/C13H25N3/c1-10(13(2,3)4)7-12(14-5)11-8-15-16(6)9-11/h8-10,12,14H,7H2,1-6H3. The Kier molecular flexibility index (Phi) is 4.14. The lowest BCUT2D eigenvalue weighted by molar-refractivity contribution is 0.226. The molecule has 0 radical (unpaired) electrons. The molecule has 0 aliphatic rings. The smallest absolute Gasteiger partial charge is 0.0537 e. The van der Waals surface area contributed by atoms with Gasteiger partial charge in [0.2, 0.25) is 0 Å². The molecule has 0 amide bonds. The highest BCUT2D eigenvalue weighted by Crippen LogP contribution is 2.32. The molecule has 1 rings (SSSR count). The van der Waals surface area contributed by atoms with Gasteiger partial charge in [0.15, 0.2) is 0 Å². The quantitative estimate of drug-likeness (QED) is 0.850. The molecule has 0 bridgehead atoms. The second-order valence-corrected chi connectivity index (χ2v) is 5.79. The zero-order chi connectivity index (χ0) is 12.3. The largest absolute Gasteiger partial charge is 0.313 e. The van der Waals surface area contributed by atoms with E-state index in [-0.39, 0.29) is 0 Å². The fraction of sp³-hybridized carbons (Fsp3) is 0.769. The van der Waals surface area contributed by atoms with Gasteiger partial charge in [0, 0.05) is 24.8 Å². The maximum Gasteiger partial charge on any atom is 0.0537 e. The van der Waals surface area contributed by atoms with Gasteiger partial charge in [-0.15, -0.1) is 0 Å². The van der Waals surface area contributed by atoms with E-state index in [4.69, 9.17) is 0 Å². The SMILES string of the molecule is CNC(CC(C)C(C)(C)C)c1cnn(C)c1. The average Bonchev–Trinajstić information content (AvgIpc) is 2.59. The van der Waals surface area contributed by atoms with E-state index in [1.54, 1.807) is 0 Å². The highest BCUT2D eigenvalue weighted by Gasteiger charge is 2.24. The van der Waals surface area contributed by atoms with Crippen molar-refractivity contribution in [2.75, 3.05) is 7.05 Å². The van der Waals surface area contributed by atoms with Crippen LogP contribution in [0.4, 0.5) is 0 Å². The van der Waals surface area contributed by atoms with Gasteiger partial charge in [-0.25, -0.2) is 0 Å². The Hall–Kier alpha value is -0.830. The summed E-state index contributed by atoms with van der Waals surface area (Å²) in [5.74, 6) is 0.671. The van der Waals surface area contributed by atoms with Crippen molar-refractivity contribution in [3.8, 4) is 0 Å². The van der Waals surface area contributed by atoms with E-state index < -0.39 is 0 Å². The first-order valence-electron chi connectivity index (χ1n) is 6.00. The van der Waals surface area contributed by atoms with Crippen LogP contribution in [0.3, 0.4) is 0 Å². The third kappa shape index (κ3) is 3.34. The molecule has 0 aromatic carbocycles. The lowest BCUT2D eigenvalue weighted by Crippen LogP contribution is -2.25. The Morgan fingerprint density at radius 2 is 2.06 bits per heavy atom. The molecule has 1 aromatic heterocycles. The van der Waals surface area contributed by atoms with Crippen molar-refractivity contribution in [3.63, 3.8) is 0 Å². The van der Waals surface area contributed by atoms with Crippen LogP contribution in [0.5, 0.6) is 0 Å². The zero-order valence-corrected chi connectivity index (χ0v) is 11.4. The maximum absolute atomic E-state index is 4.23. The molecule has 1 N–H and O–H groups in total. The van der Waals surface area contributed by atoms with Gasteiger partial charge in [-0.05, 0) is 24.8 Å². The number of rotatable bonds is 4. The second kappa shape index (κ2) is 5.00. The number of nitrogens with zero attached hydrogens (tertiary/aromatic N) is 2. The fourth-order valence-electron chi connectivity index (χ4n) is 1.75. The Bertz CT molecular complexity index is 322. The van der Waals surface area contributed by atoms with Gasteiger partial charge in [0.05, 0.1) is 6.20 Å². The molecule has 0 aliphatic heterocycles. The van der Waals surface area contributed by atoms with Crippen molar-refractivity contribution in [1.82, 2.24) is 15.1 Å². The second-order valence-electron chi connectivity index (χ2n) is 5.79. The van der Waals surface area contributed by atoms with Crippen LogP contribution in [0, 0.1) is 11.3 Å². The van der Waals surface area contributed by atoms with Crippen LogP contribution in [0.15, 0.2) is 12.4 Å². The van der Waals surface area contributed by atoms with Gasteiger partial charge < -0.3 is 5.32 Å². The van der Waals surface area contributed by atoms with Crippen LogP contribution in [0.1, 0.15) is 45.7 Å². The van der Waals surface area contributed by atoms with Gasteiger partial charge in [-0.1, -0.05) is 27.7 Å². The van der Waals surface area contributed by atoms with E-state index in [9.17, 15) is 0 Å². The van der Waals surface area contributed by atoms with Crippen LogP contribution in [0.25, 0.3) is 0 Å². The number of hydrogen-bond donors (Lipinski definition) is 1. The number of hydrogen-bond acceptors (Lipinski definition) is 2. The minimum atomic E-state index is 0.358. The fourth-order valence-corrected chi connectivity index (χ4v) is 1.75. The summed E-state index contributed by atoms with van der Waals surface area (Å²) in [5.41, 5.74) is 1.64. The minimum absolute atomic E-state index is 0.358. The van der Waals surface area contributed by atoms with Crippen molar-refractivity contribution >= 4 is 0 Å². The van der Waals surface area contributed by atoms with Gasteiger partial charge in [-0.3, -0.25) is 4.68 Å². The maximum atomic E-state index is 4.23. The van der Waals surface area contributed by atoms with Crippen molar-refractivity contribution in [3.05, 3.63) is 18.0 Å². The Labute approximate surface area is 99.2 Å². The molecule has 1 heterocycles. The molecular weight excluding hydrogens is 198 g/mol. The van der Waals surface area contributed by atoms with Crippen molar-refractivity contribution in [2.45, 2.75) is 40.2 Å². The number of aromatic nitrogens is 2. The molecule has 1 aromatic rings. The predicted molar refractivity (Wildman–Crippen MR) is 68.2 cm³/mol. The van der Waals surface area contributed by atoms with Crippen LogP contribution in [-0.4, -0.2) is 16.8 Å². The van der Waals surface area contributed by atoms with Gasteiger partial charge in [-0.2, -0.15) is 5.10 Å². The summed E-state index contributed by atoms with van der Waals surface area (Å²) in [4.78, 5) is 0. The summed E-state index contributed by atoms with van der Waals surface area (Å²) >= 11 is 0. The molecule has 92 valence electrons. The molecule has 3 heteroatoms. The van der Waals surface area contributed by atoms with E-state index >= 15 is 0 Å². The Balaban J connectivity index is 2.70. The van der Waals surface area contributed by atoms with Crippen LogP contribution < -0.4 is 5.32 Å². The third-order valence-corrected chi connectivity index (χ3v) is 3.54. The number of nitrogens with one attached hydrogen (secondary N) is 1. The predicted octanol–water partition coefficient (Wildman–Crippen LogP) is 2.75. The van der Waals surface area contributed by atoms with Crippen molar-refractivity contribution in [1.29, 1.82) is 0 Å². The molecule has 0 aliphatic carbocycles. The molecule has 16 heavy (non-hydrogen) atoms. The molecule has 3 nitrogen and oxygen atoms in total. The highest BCUT2D eigenvalue weighted by molar-refractivity contribution is 5.10. The van der Waals surface area contributed by atoms with Gasteiger partial charge in [0.1, 0.15) is 0 Å². The van der Waals surface area contributed by atoms with E-state index in [1.807, 2.05) is 25.0 Å². The van der Waals surface area contributed by atoms with Crippen LogP contribution in [0.2, 0.25) is 0 Å². The van der Waals surface area contributed by atoms with Gasteiger partial charge >= 0.3 is 0 Å². The zero-order valence-electron chi connectivity index (χ0n) is 11.4. The van der Waals surface area contributed by atoms with E-state index in [0.29, 0.717) is 17.4 Å². The molecule has 0 saturated carbocycles. The lowest BCUT2D eigenvalue weighted by Gasteiger charge is -2.30. The van der Waals surface area contributed by atoms with Crippen LogP contribution >= 0.6 is 0 Å². The molecule has 2 atom stereocenters. The van der Waals surface area contributed by atoms with Gasteiger partial charge in [0.25, 0.3) is 0 Å². The third-order valence-electron chi connectivity index (χ3n) is 3.54. The molecule has 0 saturated heterocycles. The first kappa shape index (κ1) is 13.2. The molecule has 0 fully saturated rings. The summed E-state index contributed by atoms with van der Waals surface area (Å²) in [6.07, 6.45) is 5.19. The van der Waals surface area contributed by atoms with Crippen molar-refractivity contribution in [2.24, 2.45) is 18.4 Å². The normalized spacial score (nSPS) is 16.1. The Morgan fingerprint density at radius 1 is 1.44 bits per heavy atom. The molecule has 0 spiro atoms. The number of aryl methyl sites for hydroxylation is 1. The topological polar surface area (TPSA) is 29.9 Å². The van der Waals surface area contributed by atoms with E-state index in [2.05, 4.69) is 44.3 Å². The Morgan fingerprint density at radius 3 is 2.44 bits per heavy atom. The first-order valence-corrected chi connectivity index (χ1v) is 6.00. The van der Waals surface area contributed by atoms with Crippen LogP contribution in [-0.2, 0) is 7.05 Å². The van der Waals surface area contributed by atoms with E-state index in [1.165, 1.54) is 5.56 Å². The average molecular weight is 223 g/mol. The summed E-state index contributed by atoms with van der Waals surface area (Å²) < 4.78 is 1.86.